The molecule has 0 atom stereocenters. The Bertz CT molecular complexity index is 1240. The maximum atomic E-state index is 12.1. The Labute approximate surface area is 189 Å². The molecule has 0 fully saturated rings. The van der Waals surface area contributed by atoms with E-state index in [1.165, 1.54) is 31.2 Å². The summed E-state index contributed by atoms with van der Waals surface area (Å²) in [7, 11) is 0. The Morgan fingerprint density at radius 1 is 1.18 bits per heavy atom. The van der Waals surface area contributed by atoms with Gasteiger partial charge in [0.05, 0.1) is 15.7 Å². The van der Waals surface area contributed by atoms with Crippen LogP contribution in [-0.2, 0) is 11.3 Å². The van der Waals surface area contributed by atoms with Crippen molar-refractivity contribution < 1.29 is 24.0 Å². The van der Waals surface area contributed by atoms with Crippen LogP contribution >= 0.6 is 11.6 Å². The molecule has 172 valence electrons. The van der Waals surface area contributed by atoms with E-state index in [-0.39, 0.29) is 47.8 Å². The van der Waals surface area contributed by atoms with Gasteiger partial charge in [-0.15, -0.1) is 0 Å². The van der Waals surface area contributed by atoms with E-state index >= 15 is 0 Å². The van der Waals surface area contributed by atoms with E-state index < -0.39 is 27.5 Å². The fraction of sp³-hybridized carbons (Fsp3) is 0.235. The normalized spacial score (nSPS) is 10.6. The molecule has 0 spiro atoms. The van der Waals surface area contributed by atoms with Crippen LogP contribution in [0.3, 0.4) is 0 Å². The minimum absolute atomic E-state index is 0.000463. The third-order valence-corrected chi connectivity index (χ3v) is 4.69. The van der Waals surface area contributed by atoms with Gasteiger partial charge in [0.15, 0.2) is 5.02 Å². The summed E-state index contributed by atoms with van der Waals surface area (Å²) >= 11 is 5.82. The van der Waals surface area contributed by atoms with E-state index in [1.54, 1.807) is 0 Å². The highest BCUT2D eigenvalue weighted by atomic mass is 35.5. The highest BCUT2D eigenvalue weighted by molar-refractivity contribution is 6.33. The molecule has 0 aliphatic carbocycles. The van der Waals surface area contributed by atoms with E-state index in [0.29, 0.717) is 5.56 Å². The molecule has 3 rings (SSSR count). The fourth-order valence-electron chi connectivity index (χ4n) is 2.62. The van der Waals surface area contributed by atoms with Crippen molar-refractivity contribution in [2.45, 2.75) is 13.5 Å². The second-order valence-corrected chi connectivity index (χ2v) is 6.85. The molecule has 15 nitrogen and oxygen atoms in total. The molecule has 0 aliphatic heterocycles. The van der Waals surface area contributed by atoms with Gasteiger partial charge in [-0.2, -0.15) is 9.67 Å². The Morgan fingerprint density at radius 2 is 1.91 bits per heavy atom. The van der Waals surface area contributed by atoms with Crippen LogP contribution in [0.1, 0.15) is 16.4 Å². The number of nitro groups is 2. The minimum Gasteiger partial charge on any atom is -0.358 e. The number of hydrogen-bond acceptors (Lipinski definition) is 10. The van der Waals surface area contributed by atoms with E-state index in [0.717, 1.165) is 4.68 Å². The van der Waals surface area contributed by atoms with Gasteiger partial charge in [0.1, 0.15) is 6.54 Å². The predicted molar refractivity (Wildman–Crippen MR) is 110 cm³/mol. The molecule has 0 saturated heterocycles. The lowest BCUT2D eigenvalue weighted by atomic mass is 10.2. The first-order valence-corrected chi connectivity index (χ1v) is 9.56. The number of rotatable bonds is 9. The largest absolute Gasteiger partial charge is 0.408 e. The first kappa shape index (κ1) is 23.3. The van der Waals surface area contributed by atoms with E-state index in [4.69, 9.17) is 16.1 Å². The van der Waals surface area contributed by atoms with Crippen LogP contribution in [0, 0.1) is 27.2 Å². The molecule has 1 aromatic carbocycles. The van der Waals surface area contributed by atoms with Crippen LogP contribution in [0.5, 0.6) is 0 Å². The lowest BCUT2D eigenvalue weighted by Gasteiger charge is -2.05. The molecule has 2 amide bonds. The first-order valence-electron chi connectivity index (χ1n) is 9.18. The molecule has 16 heteroatoms. The number of benzene rings is 1. The van der Waals surface area contributed by atoms with Crippen molar-refractivity contribution in [3.8, 4) is 11.4 Å². The Morgan fingerprint density at radius 3 is 2.58 bits per heavy atom. The average molecular weight is 479 g/mol. The van der Waals surface area contributed by atoms with Gasteiger partial charge < -0.3 is 25.3 Å². The van der Waals surface area contributed by atoms with Gasteiger partial charge in [0.25, 0.3) is 5.69 Å². The van der Waals surface area contributed by atoms with Crippen molar-refractivity contribution >= 4 is 34.9 Å². The maximum Gasteiger partial charge on any atom is 0.408 e. The van der Waals surface area contributed by atoms with Crippen molar-refractivity contribution in [3.05, 3.63) is 61.1 Å². The number of halogens is 1. The summed E-state index contributed by atoms with van der Waals surface area (Å²) in [5, 5.41) is 33.8. The summed E-state index contributed by atoms with van der Waals surface area (Å²) in [4.78, 5) is 48.4. The molecule has 0 saturated carbocycles. The SMILES string of the molecule is Cc1c(Cl)c([N+](=O)[O-])nn1CC(=O)NCCNC(=O)c1nc(-c2cccc([N+](=O)[O-])c2)no1. The van der Waals surface area contributed by atoms with Crippen molar-refractivity contribution in [2.24, 2.45) is 0 Å². The standard InChI is InChI=1S/C17H15ClN8O7/c1-9-13(18)15(26(31)32)22-24(9)8-12(27)19-5-6-20-16(28)17-21-14(23-33-17)10-3-2-4-11(7-10)25(29)30/h2-4,7H,5-6,8H2,1H3,(H,19,27)(H,20,28). The molecule has 0 unspecified atom stereocenters. The number of carbonyl (C=O) groups is 2. The summed E-state index contributed by atoms with van der Waals surface area (Å²) in [6.45, 7) is 1.23. The Balaban J connectivity index is 1.49. The summed E-state index contributed by atoms with van der Waals surface area (Å²) in [6.07, 6.45) is 0. The van der Waals surface area contributed by atoms with Gasteiger partial charge in [-0.05, 0) is 11.8 Å². The Hall–Kier alpha value is -4.40. The first-order chi connectivity index (χ1) is 15.7. The van der Waals surface area contributed by atoms with E-state index in [9.17, 15) is 29.8 Å². The van der Waals surface area contributed by atoms with Crippen molar-refractivity contribution in [3.63, 3.8) is 0 Å². The lowest BCUT2D eigenvalue weighted by Crippen LogP contribution is -2.36. The van der Waals surface area contributed by atoms with Crippen LogP contribution in [0.25, 0.3) is 11.4 Å². The molecule has 2 heterocycles. The summed E-state index contributed by atoms with van der Waals surface area (Å²) < 4.78 is 5.97. The van der Waals surface area contributed by atoms with Gasteiger partial charge in [0.2, 0.25) is 11.7 Å². The molecule has 2 N–H and O–H groups in total. The second-order valence-electron chi connectivity index (χ2n) is 6.47. The topological polar surface area (TPSA) is 201 Å². The minimum atomic E-state index is -0.749. The van der Waals surface area contributed by atoms with Crippen LogP contribution < -0.4 is 10.6 Å². The third kappa shape index (κ3) is 5.45. The highest BCUT2D eigenvalue weighted by Gasteiger charge is 2.25. The predicted octanol–water partition coefficient (Wildman–Crippen LogP) is 1.26. The van der Waals surface area contributed by atoms with Crippen LogP contribution in [0.2, 0.25) is 5.02 Å². The monoisotopic (exact) mass is 478 g/mol. The van der Waals surface area contributed by atoms with Gasteiger partial charge >= 0.3 is 17.6 Å². The smallest absolute Gasteiger partial charge is 0.358 e. The number of amides is 2. The van der Waals surface area contributed by atoms with Crippen molar-refractivity contribution in [1.29, 1.82) is 0 Å². The van der Waals surface area contributed by atoms with Gasteiger partial charge in [-0.25, -0.2) is 0 Å². The number of nitrogens with zero attached hydrogens (tertiary/aromatic N) is 6. The molecular weight excluding hydrogens is 464 g/mol. The number of hydrogen-bond donors (Lipinski definition) is 2. The zero-order chi connectivity index (χ0) is 24.1. The maximum absolute atomic E-state index is 12.1. The average Bonchev–Trinajstić information content (AvgIpc) is 3.38. The lowest BCUT2D eigenvalue weighted by molar-refractivity contribution is -0.389. The molecule has 2 aromatic heterocycles. The summed E-state index contributed by atoms with van der Waals surface area (Å²) in [5.74, 6) is -2.12. The number of nitrogens with one attached hydrogen (secondary N) is 2. The van der Waals surface area contributed by atoms with Gasteiger partial charge in [-0.3, -0.25) is 19.7 Å². The molecule has 3 aromatic rings. The summed E-state index contributed by atoms with van der Waals surface area (Å²) in [5.41, 5.74) is 0.400. The number of carbonyl (C=O) groups excluding carboxylic acids is 2. The molecular formula is C17H15ClN8O7. The van der Waals surface area contributed by atoms with Crippen LogP contribution in [0.15, 0.2) is 28.8 Å². The third-order valence-electron chi connectivity index (χ3n) is 4.25. The van der Waals surface area contributed by atoms with Gasteiger partial charge in [0, 0.05) is 30.8 Å². The van der Waals surface area contributed by atoms with Crippen molar-refractivity contribution in [1.82, 2.24) is 30.6 Å². The number of non-ortho nitro benzene ring substituents is 1. The molecule has 0 radical (unpaired) electrons. The number of nitro benzene ring substituents is 1. The zero-order valence-corrected chi connectivity index (χ0v) is 17.6. The van der Waals surface area contributed by atoms with Crippen molar-refractivity contribution in [2.75, 3.05) is 13.1 Å². The molecule has 0 bridgehead atoms. The Kier molecular flexibility index (Phi) is 6.92. The second kappa shape index (κ2) is 9.82. The quantitative estimate of drug-likeness (QED) is 0.256. The summed E-state index contributed by atoms with van der Waals surface area (Å²) in [6, 6.07) is 5.52. The van der Waals surface area contributed by atoms with Crippen LogP contribution in [-0.4, -0.2) is 54.7 Å². The van der Waals surface area contributed by atoms with Gasteiger partial charge in [-0.1, -0.05) is 28.9 Å². The highest BCUT2D eigenvalue weighted by Crippen LogP contribution is 2.26. The molecule has 33 heavy (non-hydrogen) atoms. The molecule has 0 aliphatic rings. The zero-order valence-electron chi connectivity index (χ0n) is 16.8. The number of aromatic nitrogens is 4. The van der Waals surface area contributed by atoms with E-state index in [2.05, 4.69) is 25.9 Å². The fourth-order valence-corrected chi connectivity index (χ4v) is 2.82. The van der Waals surface area contributed by atoms with E-state index in [1.807, 2.05) is 0 Å². The van der Waals surface area contributed by atoms with Crippen LogP contribution in [0.4, 0.5) is 11.5 Å².